The minimum atomic E-state index is -0.712. The van der Waals surface area contributed by atoms with E-state index in [0.29, 0.717) is 3.63 Å². The second kappa shape index (κ2) is 7.91. The molecule has 0 saturated heterocycles. The van der Waals surface area contributed by atoms with E-state index >= 15 is 0 Å². The number of allylic oxidation sites excluding steroid dienone is 4. The zero-order valence-corrected chi connectivity index (χ0v) is 23.3. The minimum absolute atomic E-state index is 0.137. The maximum absolute atomic E-state index is 2.53. The van der Waals surface area contributed by atoms with E-state index in [1.165, 1.54) is 39.0 Å². The summed E-state index contributed by atoms with van der Waals surface area (Å²) >= 11 is -0.712. The van der Waals surface area contributed by atoms with Gasteiger partial charge in [-0.15, -0.1) is 0 Å². The molecule has 2 aliphatic carbocycles. The Kier molecular flexibility index (Phi) is 5.83. The molecule has 0 fully saturated rings. The van der Waals surface area contributed by atoms with Crippen molar-refractivity contribution >= 4 is 8.78 Å². The molecule has 0 radical (unpaired) electrons. The molecule has 0 saturated carbocycles. The van der Waals surface area contributed by atoms with Gasteiger partial charge in [0.2, 0.25) is 0 Å². The summed E-state index contributed by atoms with van der Waals surface area (Å²) in [5.41, 5.74) is 13.9. The van der Waals surface area contributed by atoms with E-state index in [-0.39, 0.29) is 10.8 Å². The van der Waals surface area contributed by atoms with Crippen LogP contribution in [0.1, 0.15) is 100 Å². The van der Waals surface area contributed by atoms with Crippen LogP contribution >= 0.6 is 0 Å². The molecule has 0 amide bonds. The van der Waals surface area contributed by atoms with Gasteiger partial charge >= 0.3 is 202 Å². The first kappa shape index (κ1) is 22.9. The molecule has 0 nitrogen and oxygen atoms in total. The Morgan fingerprint density at radius 1 is 0.839 bits per heavy atom. The molecule has 2 aromatic rings. The normalized spacial score (nSPS) is 17.6. The first-order valence-electron chi connectivity index (χ1n) is 11.6. The van der Waals surface area contributed by atoms with Crippen molar-refractivity contribution in [3.63, 3.8) is 0 Å². The van der Waals surface area contributed by atoms with Crippen molar-refractivity contribution < 1.29 is 22.8 Å². The van der Waals surface area contributed by atoms with Gasteiger partial charge in [-0.1, -0.05) is 0 Å². The number of hydrogen-bond donors (Lipinski definition) is 0. The fraction of sp³-hybridized carbons (Fsp3) is 0.433. The van der Waals surface area contributed by atoms with Gasteiger partial charge in [0, 0.05) is 0 Å². The zero-order valence-electron chi connectivity index (χ0n) is 20.8. The van der Waals surface area contributed by atoms with E-state index in [2.05, 4.69) is 105 Å². The fourth-order valence-electron chi connectivity index (χ4n) is 4.84. The van der Waals surface area contributed by atoms with Crippen LogP contribution in [0.5, 0.6) is 0 Å². The van der Waals surface area contributed by atoms with Gasteiger partial charge in [0.1, 0.15) is 0 Å². The molecule has 161 valence electrons. The first-order chi connectivity index (χ1) is 14.4. The molecule has 0 aliphatic heterocycles. The van der Waals surface area contributed by atoms with Gasteiger partial charge < -0.3 is 0 Å². The third-order valence-corrected chi connectivity index (χ3v) is 10.3. The zero-order chi connectivity index (χ0) is 22.7. The maximum atomic E-state index is 2.53. The molecule has 0 spiro atoms. The van der Waals surface area contributed by atoms with Crippen LogP contribution in [0.15, 0.2) is 48.1 Å². The van der Waals surface area contributed by atoms with E-state index in [1.54, 1.807) is 14.3 Å². The third kappa shape index (κ3) is 4.33. The molecule has 1 unspecified atom stereocenters. The van der Waals surface area contributed by atoms with Gasteiger partial charge in [-0.2, -0.15) is 0 Å². The Labute approximate surface area is 200 Å². The number of rotatable bonds is 2. The number of hydrogen-bond acceptors (Lipinski definition) is 0. The summed E-state index contributed by atoms with van der Waals surface area (Å²) in [6.45, 7) is 21.0. The molecule has 0 aromatic heterocycles. The van der Waals surface area contributed by atoms with Crippen molar-refractivity contribution in [2.45, 2.75) is 83.2 Å². The van der Waals surface area contributed by atoms with Crippen LogP contribution in [0.25, 0.3) is 16.7 Å². The van der Waals surface area contributed by atoms with Crippen LogP contribution in [-0.2, 0) is 33.6 Å². The van der Waals surface area contributed by atoms with Gasteiger partial charge in [0.05, 0.1) is 0 Å². The summed E-state index contributed by atoms with van der Waals surface area (Å²) in [7, 11) is 0. The molecule has 1 heteroatoms. The monoisotopic (exact) mass is 487 g/mol. The average Bonchev–Trinajstić information content (AvgIpc) is 3.21. The van der Waals surface area contributed by atoms with E-state index in [1.807, 2.05) is 0 Å². The van der Waals surface area contributed by atoms with Gasteiger partial charge in [0.15, 0.2) is 0 Å². The van der Waals surface area contributed by atoms with E-state index in [0.717, 1.165) is 6.42 Å². The third-order valence-electron chi connectivity index (χ3n) is 6.68. The van der Waals surface area contributed by atoms with Crippen LogP contribution in [0.2, 0.25) is 0 Å². The van der Waals surface area contributed by atoms with Crippen LogP contribution in [0, 0.1) is 0 Å². The van der Waals surface area contributed by atoms with Crippen molar-refractivity contribution in [3.8, 4) is 11.1 Å². The van der Waals surface area contributed by atoms with Gasteiger partial charge in [-0.05, 0) is 0 Å². The van der Waals surface area contributed by atoms with Crippen molar-refractivity contribution in [2.24, 2.45) is 0 Å². The van der Waals surface area contributed by atoms with Gasteiger partial charge in [0.25, 0.3) is 0 Å². The quantitative estimate of drug-likeness (QED) is 0.398. The summed E-state index contributed by atoms with van der Waals surface area (Å²) < 4.78 is 2.30. The summed E-state index contributed by atoms with van der Waals surface area (Å²) in [4.78, 5) is 0. The molecular formula is C30H37Zr. The molecule has 31 heavy (non-hydrogen) atoms. The van der Waals surface area contributed by atoms with E-state index in [4.69, 9.17) is 0 Å². The summed E-state index contributed by atoms with van der Waals surface area (Å²) in [5.74, 6) is 0. The number of benzene rings is 2. The van der Waals surface area contributed by atoms with Crippen molar-refractivity contribution in [3.05, 3.63) is 75.9 Å². The van der Waals surface area contributed by atoms with Crippen LogP contribution in [-0.4, -0.2) is 3.21 Å². The fourth-order valence-corrected chi connectivity index (χ4v) is 8.38. The van der Waals surface area contributed by atoms with Gasteiger partial charge in [-0.3, -0.25) is 0 Å². The van der Waals surface area contributed by atoms with Gasteiger partial charge in [-0.25, -0.2) is 0 Å². The Balaban J connectivity index is 2.06. The SMILES string of the molecule is CC1=CCC(c2cc(C(C)(C)C)cc3c2[CH]([Zr]=[C](C)C)c2ccc(C(C)(C)C)cc2-3)=C1. The first-order valence-corrected chi connectivity index (χ1v) is 14.3. The number of fused-ring (bicyclic) bond motifs is 3. The predicted molar refractivity (Wildman–Crippen MR) is 134 cm³/mol. The molecular weight excluding hydrogens is 452 g/mol. The second-order valence-electron chi connectivity index (χ2n) is 11.7. The molecule has 0 bridgehead atoms. The molecule has 0 N–H and O–H groups in total. The van der Waals surface area contributed by atoms with Crippen molar-refractivity contribution in [1.29, 1.82) is 0 Å². The Morgan fingerprint density at radius 3 is 2.00 bits per heavy atom. The predicted octanol–water partition coefficient (Wildman–Crippen LogP) is 8.38. The molecule has 1 atom stereocenters. The molecule has 2 aromatic carbocycles. The summed E-state index contributed by atoms with van der Waals surface area (Å²) in [5, 5.41) is 0. The van der Waals surface area contributed by atoms with Crippen molar-refractivity contribution in [1.82, 2.24) is 0 Å². The van der Waals surface area contributed by atoms with Crippen molar-refractivity contribution in [2.75, 3.05) is 0 Å². The Morgan fingerprint density at radius 2 is 1.45 bits per heavy atom. The average molecular weight is 489 g/mol. The van der Waals surface area contributed by atoms with E-state index < -0.39 is 22.8 Å². The van der Waals surface area contributed by atoms with E-state index in [9.17, 15) is 0 Å². The molecule has 0 heterocycles. The van der Waals surface area contributed by atoms with Crippen LogP contribution < -0.4 is 0 Å². The summed E-state index contributed by atoms with van der Waals surface area (Å²) in [6.07, 6.45) is 5.88. The molecule has 2 aliphatic rings. The second-order valence-corrected chi connectivity index (χ2v) is 16.3. The summed E-state index contributed by atoms with van der Waals surface area (Å²) in [6, 6.07) is 12.4. The Hall–Kier alpha value is -1.33. The van der Waals surface area contributed by atoms with Crippen LogP contribution in [0.3, 0.4) is 0 Å². The van der Waals surface area contributed by atoms with Crippen LogP contribution in [0.4, 0.5) is 0 Å². The Bertz CT molecular complexity index is 1140. The molecule has 4 rings (SSSR count). The standard InChI is InChI=1S/C27H31.C3H6.Zr/c1-17-8-9-18(12-17)23-15-21(27(5,6)7)16-25-22-14-20(26(2,3)4)11-10-19(22)13-24(23)25;1-3-2;/h8,10-16H,9H2,1-7H3;1-2H3;. The topological polar surface area (TPSA) is 0 Å².